The van der Waals surface area contributed by atoms with Crippen LogP contribution in [0.25, 0.3) is 0 Å². The van der Waals surface area contributed by atoms with Gasteiger partial charge >= 0.3 is 0 Å². The van der Waals surface area contributed by atoms with Gasteiger partial charge in [0.2, 0.25) is 0 Å². The van der Waals surface area contributed by atoms with Crippen LogP contribution in [0, 0.1) is 0 Å². The highest BCUT2D eigenvalue weighted by Gasteiger charge is 2.13. The molecule has 0 aromatic heterocycles. The molecule has 2 heterocycles. The third-order valence-corrected chi connectivity index (χ3v) is 5.71. The maximum absolute atomic E-state index is 12.4. The Balaban J connectivity index is 1.30. The summed E-state index contributed by atoms with van der Waals surface area (Å²) in [5.74, 6) is -0.0104. The summed E-state index contributed by atoms with van der Waals surface area (Å²) in [6.45, 7) is 5.12. The maximum Gasteiger partial charge on any atom is 0.251 e. The molecule has 142 valence electrons. The van der Waals surface area contributed by atoms with E-state index >= 15 is 0 Å². The minimum absolute atomic E-state index is 0.0104. The maximum atomic E-state index is 12.4. The normalized spacial score (nSPS) is 17.2. The Bertz CT molecular complexity index is 742. The van der Waals surface area contributed by atoms with Crippen LogP contribution in [-0.2, 0) is 6.54 Å². The lowest BCUT2D eigenvalue weighted by Crippen LogP contribution is -2.29. The summed E-state index contributed by atoms with van der Waals surface area (Å²) in [6.07, 6.45) is 6.43. The highest BCUT2D eigenvalue weighted by Crippen LogP contribution is 2.21. The van der Waals surface area contributed by atoms with Crippen molar-refractivity contribution in [2.45, 2.75) is 38.6 Å². The van der Waals surface area contributed by atoms with Gasteiger partial charge in [-0.1, -0.05) is 12.1 Å². The molecule has 0 bridgehead atoms. The second-order valence-corrected chi connectivity index (χ2v) is 7.64. The average molecular weight is 364 g/mol. The molecule has 4 heteroatoms. The smallest absolute Gasteiger partial charge is 0.251 e. The molecule has 2 aliphatic heterocycles. The quantitative estimate of drug-likeness (QED) is 0.864. The van der Waals surface area contributed by atoms with Crippen LogP contribution in [0.4, 0.5) is 11.4 Å². The van der Waals surface area contributed by atoms with E-state index in [1.165, 1.54) is 43.5 Å². The van der Waals surface area contributed by atoms with Gasteiger partial charge in [0, 0.05) is 49.7 Å². The number of carbonyl (C=O) groups excluding carboxylic acids is 1. The van der Waals surface area contributed by atoms with Crippen molar-refractivity contribution < 1.29 is 4.79 Å². The van der Waals surface area contributed by atoms with Crippen LogP contribution in [0.5, 0.6) is 0 Å². The number of hydrogen-bond donors (Lipinski definition) is 1. The first-order valence-corrected chi connectivity index (χ1v) is 10.3. The molecule has 0 radical (unpaired) electrons. The number of hydrogen-bond acceptors (Lipinski definition) is 3. The van der Waals surface area contributed by atoms with E-state index in [0.717, 1.165) is 37.3 Å². The summed E-state index contributed by atoms with van der Waals surface area (Å²) in [4.78, 5) is 17.3. The van der Waals surface area contributed by atoms with E-state index in [0.29, 0.717) is 6.54 Å². The van der Waals surface area contributed by atoms with Gasteiger partial charge in [0.15, 0.2) is 0 Å². The Labute approximate surface area is 162 Å². The fourth-order valence-electron chi connectivity index (χ4n) is 4.06. The molecule has 2 fully saturated rings. The Morgan fingerprint density at radius 2 is 1.19 bits per heavy atom. The van der Waals surface area contributed by atoms with Crippen LogP contribution in [0.15, 0.2) is 48.5 Å². The van der Waals surface area contributed by atoms with Gasteiger partial charge in [-0.15, -0.1) is 0 Å². The molecular weight excluding hydrogens is 334 g/mol. The average Bonchev–Trinajstić information content (AvgIpc) is 3.28. The van der Waals surface area contributed by atoms with Gasteiger partial charge in [0.25, 0.3) is 5.91 Å². The number of anilines is 2. The van der Waals surface area contributed by atoms with Crippen molar-refractivity contribution in [3.63, 3.8) is 0 Å². The van der Waals surface area contributed by atoms with Gasteiger partial charge in [-0.3, -0.25) is 4.79 Å². The van der Waals surface area contributed by atoms with Gasteiger partial charge in [-0.25, -0.2) is 0 Å². The monoisotopic (exact) mass is 363 g/mol. The largest absolute Gasteiger partial charge is 0.372 e. The zero-order valence-electron chi connectivity index (χ0n) is 16.0. The van der Waals surface area contributed by atoms with Crippen molar-refractivity contribution in [1.82, 2.24) is 5.32 Å². The van der Waals surface area contributed by atoms with Crippen LogP contribution in [-0.4, -0.2) is 32.1 Å². The molecule has 0 atom stereocenters. The molecule has 1 N–H and O–H groups in total. The Hall–Kier alpha value is -2.49. The third kappa shape index (κ3) is 4.44. The van der Waals surface area contributed by atoms with Gasteiger partial charge in [-0.2, -0.15) is 0 Å². The fourth-order valence-corrected chi connectivity index (χ4v) is 4.06. The van der Waals surface area contributed by atoms with Gasteiger partial charge in [0.05, 0.1) is 0 Å². The summed E-state index contributed by atoms with van der Waals surface area (Å²) in [6, 6.07) is 16.6. The van der Waals surface area contributed by atoms with Crippen molar-refractivity contribution >= 4 is 17.3 Å². The third-order valence-electron chi connectivity index (χ3n) is 5.71. The number of benzene rings is 2. The molecule has 27 heavy (non-hydrogen) atoms. The highest BCUT2D eigenvalue weighted by atomic mass is 16.1. The number of amides is 1. The zero-order chi connectivity index (χ0) is 18.5. The molecule has 0 saturated carbocycles. The van der Waals surface area contributed by atoms with Gasteiger partial charge in [0.1, 0.15) is 0 Å². The van der Waals surface area contributed by atoms with Crippen molar-refractivity contribution in [3.05, 3.63) is 59.7 Å². The lowest BCUT2D eigenvalue weighted by molar-refractivity contribution is 0.0951. The number of nitrogens with one attached hydrogen (secondary N) is 1. The second kappa shape index (κ2) is 8.47. The summed E-state index contributed by atoms with van der Waals surface area (Å²) in [7, 11) is 0. The number of carbonyl (C=O) groups is 1. The second-order valence-electron chi connectivity index (χ2n) is 7.64. The van der Waals surface area contributed by atoms with E-state index < -0.39 is 0 Å². The molecule has 2 aromatic carbocycles. The Morgan fingerprint density at radius 3 is 1.74 bits per heavy atom. The first kappa shape index (κ1) is 17.9. The fraction of sp³-hybridized carbons (Fsp3) is 0.435. The van der Waals surface area contributed by atoms with Crippen LogP contribution in [0.2, 0.25) is 0 Å². The van der Waals surface area contributed by atoms with E-state index in [2.05, 4.69) is 51.5 Å². The van der Waals surface area contributed by atoms with Crippen LogP contribution >= 0.6 is 0 Å². The van der Waals surface area contributed by atoms with E-state index in [-0.39, 0.29) is 5.91 Å². The van der Waals surface area contributed by atoms with E-state index in [1.54, 1.807) is 0 Å². The van der Waals surface area contributed by atoms with Crippen molar-refractivity contribution in [3.8, 4) is 0 Å². The highest BCUT2D eigenvalue weighted by molar-refractivity contribution is 5.94. The van der Waals surface area contributed by atoms with Crippen molar-refractivity contribution in [2.24, 2.45) is 0 Å². The zero-order valence-corrected chi connectivity index (χ0v) is 16.0. The first-order valence-electron chi connectivity index (χ1n) is 10.3. The molecule has 2 aromatic rings. The molecule has 4 nitrogen and oxygen atoms in total. The van der Waals surface area contributed by atoms with Crippen LogP contribution in [0.3, 0.4) is 0 Å². The van der Waals surface area contributed by atoms with Crippen LogP contribution in [0.1, 0.15) is 48.0 Å². The minimum atomic E-state index is -0.0104. The number of piperidine rings is 1. The van der Waals surface area contributed by atoms with E-state index in [9.17, 15) is 4.79 Å². The molecule has 0 aliphatic carbocycles. The number of rotatable bonds is 5. The van der Waals surface area contributed by atoms with E-state index in [4.69, 9.17) is 0 Å². The standard InChI is InChI=1S/C23H29N3O/c27-23(20-8-12-22(13-9-20)25-14-2-1-3-15-25)24-18-19-6-10-21(11-7-19)26-16-4-5-17-26/h6-13H,1-5,14-18H2,(H,24,27). The molecule has 0 spiro atoms. The van der Waals surface area contributed by atoms with E-state index in [1.807, 2.05) is 12.1 Å². The predicted octanol–water partition coefficient (Wildman–Crippen LogP) is 4.21. The topological polar surface area (TPSA) is 35.6 Å². The van der Waals surface area contributed by atoms with Gasteiger partial charge < -0.3 is 15.1 Å². The molecular formula is C23H29N3O. The Kier molecular flexibility index (Phi) is 5.61. The summed E-state index contributed by atoms with van der Waals surface area (Å²) in [5, 5.41) is 3.04. The molecule has 0 unspecified atom stereocenters. The van der Waals surface area contributed by atoms with Crippen LogP contribution < -0.4 is 15.1 Å². The van der Waals surface area contributed by atoms with Crippen molar-refractivity contribution in [2.75, 3.05) is 36.0 Å². The molecule has 1 amide bonds. The Morgan fingerprint density at radius 1 is 0.704 bits per heavy atom. The molecule has 2 saturated heterocycles. The summed E-state index contributed by atoms with van der Waals surface area (Å²) in [5.41, 5.74) is 4.38. The molecule has 2 aliphatic rings. The SMILES string of the molecule is O=C(NCc1ccc(N2CCCC2)cc1)c1ccc(N2CCCCC2)cc1. The number of nitrogens with zero attached hydrogens (tertiary/aromatic N) is 2. The lowest BCUT2D eigenvalue weighted by Gasteiger charge is -2.28. The summed E-state index contributed by atoms with van der Waals surface area (Å²) >= 11 is 0. The van der Waals surface area contributed by atoms with Gasteiger partial charge in [-0.05, 0) is 74.1 Å². The van der Waals surface area contributed by atoms with Crippen molar-refractivity contribution in [1.29, 1.82) is 0 Å². The lowest BCUT2D eigenvalue weighted by atomic mass is 10.1. The molecule has 4 rings (SSSR count). The summed E-state index contributed by atoms with van der Waals surface area (Å²) < 4.78 is 0. The predicted molar refractivity (Wildman–Crippen MR) is 112 cm³/mol. The minimum Gasteiger partial charge on any atom is -0.372 e. The first-order chi connectivity index (χ1) is 13.3.